The molecule has 0 atom stereocenters. The molecule has 1 aromatic rings. The van der Waals surface area contributed by atoms with E-state index in [1.165, 1.54) is 16.7 Å². The maximum absolute atomic E-state index is 11.2. The summed E-state index contributed by atoms with van der Waals surface area (Å²) in [6.07, 6.45) is 1.69. The number of rotatable bonds is 2. The fourth-order valence-electron chi connectivity index (χ4n) is 2.22. The van der Waals surface area contributed by atoms with Crippen molar-refractivity contribution in [1.29, 1.82) is 0 Å². The molecule has 0 unspecified atom stereocenters. The lowest BCUT2D eigenvalue weighted by Crippen LogP contribution is -2.27. The minimum Gasteiger partial charge on any atom is -0.302 e. The van der Waals surface area contributed by atoms with Crippen LogP contribution in [0, 0.1) is 0 Å². The Hall–Kier alpha value is -1.15. The van der Waals surface area contributed by atoms with Gasteiger partial charge in [-0.25, -0.2) is 0 Å². The predicted octanol–water partition coefficient (Wildman–Crippen LogP) is 1.81. The number of carbonyl (C=O) groups is 1. The number of likely N-dealkylation sites (N-methyl/N-ethyl adjacent to an activating group) is 1. The van der Waals surface area contributed by atoms with Crippen LogP contribution in [0.25, 0.3) is 0 Å². The van der Waals surface area contributed by atoms with Crippen molar-refractivity contribution in [2.45, 2.75) is 26.3 Å². The second kappa shape index (κ2) is 4.15. The summed E-state index contributed by atoms with van der Waals surface area (Å²) >= 11 is 0. The van der Waals surface area contributed by atoms with E-state index in [1.807, 2.05) is 0 Å². The third-order valence-corrected chi connectivity index (χ3v) is 3.00. The third kappa shape index (κ3) is 2.26. The molecule has 2 nitrogen and oxygen atoms in total. The molecule has 0 saturated heterocycles. The standard InChI is InChI=1S/C13H17NO/c1-10(15)8-12-5-3-4-11-6-7-14(2)9-13(11)12/h3-5H,6-9H2,1-2H3. The van der Waals surface area contributed by atoms with Gasteiger partial charge in [-0.1, -0.05) is 18.2 Å². The van der Waals surface area contributed by atoms with E-state index < -0.39 is 0 Å². The molecule has 1 aromatic carbocycles. The van der Waals surface area contributed by atoms with Gasteiger partial charge in [0.25, 0.3) is 0 Å². The van der Waals surface area contributed by atoms with Crippen LogP contribution in [-0.2, 0) is 24.2 Å². The van der Waals surface area contributed by atoms with Gasteiger partial charge >= 0.3 is 0 Å². The zero-order valence-corrected chi connectivity index (χ0v) is 9.42. The molecule has 0 amide bonds. The monoisotopic (exact) mass is 203 g/mol. The lowest BCUT2D eigenvalue weighted by molar-refractivity contribution is -0.116. The van der Waals surface area contributed by atoms with Crippen molar-refractivity contribution >= 4 is 5.78 Å². The first kappa shape index (κ1) is 10.4. The predicted molar refractivity (Wildman–Crippen MR) is 60.9 cm³/mol. The van der Waals surface area contributed by atoms with Gasteiger partial charge in [-0.15, -0.1) is 0 Å². The zero-order valence-electron chi connectivity index (χ0n) is 9.42. The molecule has 2 rings (SSSR count). The molecule has 0 N–H and O–H groups in total. The molecule has 1 heterocycles. The van der Waals surface area contributed by atoms with Gasteiger partial charge in [0.15, 0.2) is 0 Å². The van der Waals surface area contributed by atoms with Crippen molar-refractivity contribution in [1.82, 2.24) is 4.90 Å². The topological polar surface area (TPSA) is 20.3 Å². The van der Waals surface area contributed by atoms with Gasteiger partial charge in [-0.2, -0.15) is 0 Å². The van der Waals surface area contributed by atoms with E-state index in [9.17, 15) is 4.79 Å². The number of carbonyl (C=O) groups excluding carboxylic acids is 1. The van der Waals surface area contributed by atoms with Gasteiger partial charge in [-0.3, -0.25) is 4.79 Å². The van der Waals surface area contributed by atoms with Crippen LogP contribution in [0.1, 0.15) is 23.6 Å². The summed E-state index contributed by atoms with van der Waals surface area (Å²) in [5.74, 6) is 0.247. The van der Waals surface area contributed by atoms with Crippen molar-refractivity contribution in [3.8, 4) is 0 Å². The quantitative estimate of drug-likeness (QED) is 0.730. The Bertz CT molecular complexity index is 384. The normalized spacial score (nSPS) is 16.1. The van der Waals surface area contributed by atoms with E-state index in [0.717, 1.165) is 19.5 Å². The van der Waals surface area contributed by atoms with Gasteiger partial charge in [-0.05, 0) is 37.1 Å². The molecular weight excluding hydrogens is 186 g/mol. The third-order valence-electron chi connectivity index (χ3n) is 3.00. The van der Waals surface area contributed by atoms with Crippen molar-refractivity contribution in [3.63, 3.8) is 0 Å². The Balaban J connectivity index is 2.35. The van der Waals surface area contributed by atoms with Crippen molar-refractivity contribution in [2.75, 3.05) is 13.6 Å². The summed E-state index contributed by atoms with van der Waals surface area (Å²) in [5, 5.41) is 0. The summed E-state index contributed by atoms with van der Waals surface area (Å²) in [6, 6.07) is 6.34. The lowest BCUT2D eigenvalue weighted by atomic mass is 9.93. The van der Waals surface area contributed by atoms with Crippen LogP contribution in [0.15, 0.2) is 18.2 Å². The number of hydrogen-bond donors (Lipinski definition) is 0. The van der Waals surface area contributed by atoms with Crippen LogP contribution in [0.4, 0.5) is 0 Å². The number of ketones is 1. The molecule has 2 heteroatoms. The second-order valence-electron chi connectivity index (χ2n) is 4.42. The minimum atomic E-state index is 0.247. The molecule has 0 aliphatic carbocycles. The average Bonchev–Trinajstić information content (AvgIpc) is 2.18. The fourth-order valence-corrected chi connectivity index (χ4v) is 2.22. The lowest BCUT2D eigenvalue weighted by Gasteiger charge is -2.26. The van der Waals surface area contributed by atoms with Crippen LogP contribution in [0.3, 0.4) is 0 Å². The molecule has 0 aromatic heterocycles. The first-order valence-electron chi connectivity index (χ1n) is 5.44. The van der Waals surface area contributed by atoms with E-state index >= 15 is 0 Å². The molecule has 1 aliphatic rings. The maximum atomic E-state index is 11.2. The molecule has 1 aliphatic heterocycles. The van der Waals surface area contributed by atoms with Crippen LogP contribution in [0.2, 0.25) is 0 Å². The first-order valence-corrected chi connectivity index (χ1v) is 5.44. The van der Waals surface area contributed by atoms with Crippen molar-refractivity contribution in [3.05, 3.63) is 34.9 Å². The highest BCUT2D eigenvalue weighted by Gasteiger charge is 2.16. The number of hydrogen-bond acceptors (Lipinski definition) is 2. The Kier molecular flexibility index (Phi) is 2.87. The molecule has 0 bridgehead atoms. The molecule has 80 valence electrons. The van der Waals surface area contributed by atoms with E-state index in [-0.39, 0.29) is 5.78 Å². The molecular formula is C13H17NO. The van der Waals surface area contributed by atoms with Gasteiger partial charge in [0.2, 0.25) is 0 Å². The SMILES string of the molecule is CC(=O)Cc1cccc2c1CN(C)CC2. The van der Waals surface area contributed by atoms with Crippen LogP contribution in [-0.4, -0.2) is 24.3 Å². The Labute approximate surface area is 90.9 Å². The zero-order chi connectivity index (χ0) is 10.8. The highest BCUT2D eigenvalue weighted by molar-refractivity contribution is 5.78. The molecule has 0 radical (unpaired) electrons. The average molecular weight is 203 g/mol. The molecule has 0 spiro atoms. The van der Waals surface area contributed by atoms with Gasteiger partial charge in [0.1, 0.15) is 5.78 Å². The van der Waals surface area contributed by atoms with Gasteiger partial charge in [0, 0.05) is 19.5 Å². The number of benzene rings is 1. The van der Waals surface area contributed by atoms with Crippen molar-refractivity contribution < 1.29 is 4.79 Å². The largest absolute Gasteiger partial charge is 0.302 e. The van der Waals surface area contributed by atoms with Crippen LogP contribution < -0.4 is 0 Å². The first-order chi connectivity index (χ1) is 7.16. The highest BCUT2D eigenvalue weighted by Crippen LogP contribution is 2.22. The summed E-state index contributed by atoms with van der Waals surface area (Å²) in [4.78, 5) is 13.5. The molecule has 15 heavy (non-hydrogen) atoms. The van der Waals surface area contributed by atoms with Gasteiger partial charge < -0.3 is 4.90 Å². The molecule has 0 fully saturated rings. The summed E-state index contributed by atoms with van der Waals surface area (Å²) < 4.78 is 0. The fraction of sp³-hybridized carbons (Fsp3) is 0.462. The molecule has 0 saturated carbocycles. The Morgan fingerprint density at radius 2 is 2.27 bits per heavy atom. The number of fused-ring (bicyclic) bond motifs is 1. The Morgan fingerprint density at radius 3 is 3.00 bits per heavy atom. The van der Waals surface area contributed by atoms with E-state index in [1.54, 1.807) is 6.92 Å². The smallest absolute Gasteiger partial charge is 0.134 e. The Morgan fingerprint density at radius 1 is 1.47 bits per heavy atom. The maximum Gasteiger partial charge on any atom is 0.134 e. The van der Waals surface area contributed by atoms with E-state index in [0.29, 0.717) is 6.42 Å². The van der Waals surface area contributed by atoms with Gasteiger partial charge in [0.05, 0.1) is 0 Å². The number of nitrogens with zero attached hydrogens (tertiary/aromatic N) is 1. The highest BCUT2D eigenvalue weighted by atomic mass is 16.1. The second-order valence-corrected chi connectivity index (χ2v) is 4.42. The summed E-state index contributed by atoms with van der Waals surface area (Å²) in [5.41, 5.74) is 4.01. The van der Waals surface area contributed by atoms with Crippen molar-refractivity contribution in [2.24, 2.45) is 0 Å². The number of Topliss-reactive ketones (excluding diaryl/α,β-unsaturated/α-hetero) is 1. The summed E-state index contributed by atoms with van der Waals surface area (Å²) in [7, 11) is 2.13. The minimum absolute atomic E-state index is 0.247. The summed E-state index contributed by atoms with van der Waals surface area (Å²) in [6.45, 7) is 3.77. The van der Waals surface area contributed by atoms with E-state index in [4.69, 9.17) is 0 Å². The van der Waals surface area contributed by atoms with Crippen LogP contribution >= 0.6 is 0 Å². The van der Waals surface area contributed by atoms with E-state index in [2.05, 4.69) is 30.1 Å². The van der Waals surface area contributed by atoms with Crippen LogP contribution in [0.5, 0.6) is 0 Å².